The number of carbonyl (C=O) groups is 1. The number of primary amides is 1. The molecule has 2 heterocycles. The summed E-state index contributed by atoms with van der Waals surface area (Å²) in [5, 5.41) is 2.95. The van der Waals surface area contributed by atoms with Gasteiger partial charge in [0.25, 0.3) is 0 Å². The molecule has 7 nitrogen and oxygen atoms in total. The predicted octanol–water partition coefficient (Wildman–Crippen LogP) is 0.682. The second-order valence-electron chi connectivity index (χ2n) is 4.06. The van der Waals surface area contributed by atoms with Crippen molar-refractivity contribution in [2.24, 2.45) is 5.73 Å². The first-order valence-corrected chi connectivity index (χ1v) is 5.22. The normalized spacial score (nSPS) is 11.7. The van der Waals surface area contributed by atoms with E-state index in [1.807, 2.05) is 0 Å². The molecule has 0 fully saturated rings. The van der Waals surface area contributed by atoms with Crippen molar-refractivity contribution in [2.75, 3.05) is 5.32 Å². The van der Waals surface area contributed by atoms with Crippen LogP contribution in [0.1, 0.15) is 13.8 Å². The number of aromatic nitrogens is 4. The fraction of sp³-hybridized carbons (Fsp3) is 0.333. The van der Waals surface area contributed by atoms with Crippen molar-refractivity contribution >= 4 is 34.5 Å². The summed E-state index contributed by atoms with van der Waals surface area (Å²) in [6, 6.07) is 0. The predicted molar refractivity (Wildman–Crippen MR) is 63.6 cm³/mol. The average Bonchev–Trinajstić information content (AvgIpc) is 2.64. The van der Waals surface area contributed by atoms with Crippen LogP contribution in [0.5, 0.6) is 0 Å². The number of rotatable bonds is 3. The summed E-state index contributed by atoms with van der Waals surface area (Å²) >= 11 is 5.76. The molecule has 0 aromatic carbocycles. The van der Waals surface area contributed by atoms with E-state index in [9.17, 15) is 4.79 Å². The van der Waals surface area contributed by atoms with Crippen LogP contribution in [-0.2, 0) is 4.79 Å². The van der Waals surface area contributed by atoms with Crippen LogP contribution in [-0.4, -0.2) is 31.4 Å². The fourth-order valence-electron chi connectivity index (χ4n) is 1.25. The second-order valence-corrected chi connectivity index (χ2v) is 4.39. The van der Waals surface area contributed by atoms with Crippen LogP contribution in [0, 0.1) is 0 Å². The van der Waals surface area contributed by atoms with Gasteiger partial charge in [0.1, 0.15) is 11.1 Å². The van der Waals surface area contributed by atoms with Crippen molar-refractivity contribution in [2.45, 2.75) is 19.4 Å². The number of carbonyl (C=O) groups excluding carboxylic acids is 1. The number of imidazole rings is 1. The van der Waals surface area contributed by atoms with Gasteiger partial charge in [0.05, 0.1) is 6.33 Å². The van der Waals surface area contributed by atoms with E-state index in [1.165, 1.54) is 6.33 Å². The highest BCUT2D eigenvalue weighted by Crippen LogP contribution is 2.21. The maximum atomic E-state index is 11.2. The van der Waals surface area contributed by atoms with Gasteiger partial charge in [-0.25, -0.2) is 4.98 Å². The summed E-state index contributed by atoms with van der Waals surface area (Å²) in [6.07, 6.45) is 1.47. The number of nitrogens with zero attached hydrogens (tertiary/aromatic N) is 3. The molecule has 0 bridgehead atoms. The number of halogens is 1. The number of anilines is 1. The lowest BCUT2D eigenvalue weighted by atomic mass is 10.1. The molecule has 0 aliphatic heterocycles. The molecule has 0 radical (unpaired) electrons. The Kier molecular flexibility index (Phi) is 2.62. The molecule has 90 valence electrons. The van der Waals surface area contributed by atoms with Gasteiger partial charge in [0.2, 0.25) is 11.2 Å². The van der Waals surface area contributed by atoms with Gasteiger partial charge < -0.3 is 16.0 Å². The fourth-order valence-corrected chi connectivity index (χ4v) is 1.42. The molecule has 1 amide bonds. The van der Waals surface area contributed by atoms with Crippen LogP contribution in [0.25, 0.3) is 11.2 Å². The van der Waals surface area contributed by atoms with Gasteiger partial charge in [-0.05, 0) is 25.4 Å². The topological polar surface area (TPSA) is 110 Å². The van der Waals surface area contributed by atoms with Crippen molar-refractivity contribution in [3.8, 4) is 0 Å². The molecule has 17 heavy (non-hydrogen) atoms. The highest BCUT2D eigenvalue weighted by Gasteiger charge is 2.26. The SMILES string of the molecule is CC(C)(Nc1nc(Cl)nc2nc[nH]c12)C(N)=O. The number of hydrogen-bond donors (Lipinski definition) is 3. The molecule has 2 rings (SSSR count). The van der Waals surface area contributed by atoms with Crippen LogP contribution in [0.4, 0.5) is 5.82 Å². The summed E-state index contributed by atoms with van der Waals surface area (Å²) in [4.78, 5) is 26.0. The van der Waals surface area contributed by atoms with E-state index in [-0.39, 0.29) is 5.28 Å². The van der Waals surface area contributed by atoms with E-state index in [1.54, 1.807) is 13.8 Å². The van der Waals surface area contributed by atoms with E-state index in [2.05, 4.69) is 25.3 Å². The van der Waals surface area contributed by atoms with Crippen molar-refractivity contribution in [3.63, 3.8) is 0 Å². The van der Waals surface area contributed by atoms with Crippen molar-refractivity contribution in [1.82, 2.24) is 19.9 Å². The maximum absolute atomic E-state index is 11.2. The van der Waals surface area contributed by atoms with Crippen LogP contribution >= 0.6 is 11.6 Å². The number of H-pyrrole nitrogens is 1. The Hall–Kier alpha value is -1.89. The van der Waals surface area contributed by atoms with Crippen molar-refractivity contribution in [3.05, 3.63) is 11.6 Å². The van der Waals surface area contributed by atoms with Crippen molar-refractivity contribution in [1.29, 1.82) is 0 Å². The molecule has 2 aromatic heterocycles. The molecule has 0 spiro atoms. The van der Waals surface area contributed by atoms with E-state index < -0.39 is 11.4 Å². The number of fused-ring (bicyclic) bond motifs is 1. The lowest BCUT2D eigenvalue weighted by Crippen LogP contribution is -2.45. The lowest BCUT2D eigenvalue weighted by Gasteiger charge is -2.22. The molecular weight excluding hydrogens is 244 g/mol. The Bertz CT molecular complexity index is 578. The van der Waals surface area contributed by atoms with E-state index >= 15 is 0 Å². The van der Waals surface area contributed by atoms with Crippen molar-refractivity contribution < 1.29 is 4.79 Å². The zero-order chi connectivity index (χ0) is 12.6. The summed E-state index contributed by atoms with van der Waals surface area (Å²) < 4.78 is 0. The van der Waals surface area contributed by atoms with Crippen LogP contribution in [0.15, 0.2) is 6.33 Å². The zero-order valence-corrected chi connectivity index (χ0v) is 10.0. The first kappa shape index (κ1) is 11.6. The Morgan fingerprint density at radius 2 is 2.24 bits per heavy atom. The minimum Gasteiger partial charge on any atom is -0.368 e. The average molecular weight is 255 g/mol. The zero-order valence-electron chi connectivity index (χ0n) is 9.28. The minimum absolute atomic E-state index is 0.0485. The lowest BCUT2D eigenvalue weighted by molar-refractivity contribution is -0.121. The molecule has 0 atom stereocenters. The second kappa shape index (κ2) is 3.85. The van der Waals surface area contributed by atoms with Crippen LogP contribution in [0.3, 0.4) is 0 Å². The van der Waals surface area contributed by atoms with Gasteiger partial charge in [-0.1, -0.05) is 0 Å². The largest absolute Gasteiger partial charge is 0.368 e. The molecule has 8 heteroatoms. The van der Waals surface area contributed by atoms with E-state index in [0.29, 0.717) is 17.0 Å². The Morgan fingerprint density at radius 1 is 1.53 bits per heavy atom. The highest BCUT2D eigenvalue weighted by atomic mass is 35.5. The van der Waals surface area contributed by atoms with Crippen LogP contribution < -0.4 is 11.1 Å². The minimum atomic E-state index is -0.949. The summed E-state index contributed by atoms with van der Waals surface area (Å²) in [7, 11) is 0. The third-order valence-corrected chi connectivity index (χ3v) is 2.47. The number of nitrogens with one attached hydrogen (secondary N) is 2. The van der Waals surface area contributed by atoms with Crippen LogP contribution in [0.2, 0.25) is 5.28 Å². The van der Waals surface area contributed by atoms with Gasteiger partial charge in [-0.3, -0.25) is 4.79 Å². The monoisotopic (exact) mass is 254 g/mol. The molecule has 0 aliphatic carbocycles. The molecule has 0 unspecified atom stereocenters. The van der Waals surface area contributed by atoms with Gasteiger partial charge in [-0.2, -0.15) is 9.97 Å². The summed E-state index contributed by atoms with van der Waals surface area (Å²) in [5.41, 5.74) is 5.32. The number of hydrogen-bond acceptors (Lipinski definition) is 5. The first-order chi connectivity index (χ1) is 7.90. The Morgan fingerprint density at radius 3 is 2.88 bits per heavy atom. The maximum Gasteiger partial charge on any atom is 0.242 e. The molecule has 0 aliphatic rings. The number of nitrogens with two attached hydrogens (primary N) is 1. The van der Waals surface area contributed by atoms with Gasteiger partial charge >= 0.3 is 0 Å². The smallest absolute Gasteiger partial charge is 0.242 e. The molecule has 2 aromatic rings. The molecule has 0 saturated carbocycles. The third-order valence-electron chi connectivity index (χ3n) is 2.31. The van der Waals surface area contributed by atoms with Gasteiger partial charge in [-0.15, -0.1) is 0 Å². The van der Waals surface area contributed by atoms with E-state index in [4.69, 9.17) is 17.3 Å². The highest BCUT2D eigenvalue weighted by molar-refractivity contribution is 6.28. The Balaban J connectivity index is 2.48. The van der Waals surface area contributed by atoms with Gasteiger partial charge in [0.15, 0.2) is 11.5 Å². The number of aromatic amines is 1. The summed E-state index contributed by atoms with van der Waals surface area (Å²) in [6.45, 7) is 3.29. The van der Waals surface area contributed by atoms with E-state index in [0.717, 1.165) is 0 Å². The standard InChI is InChI=1S/C9H11ClN6O/c1-9(2,7(11)17)16-6-4-5(13-3-12-4)14-8(10)15-6/h3H,1-2H3,(H2,11,17)(H2,12,13,14,15,16). The molecular formula is C9H11ClN6O. The quantitative estimate of drug-likeness (QED) is 0.698. The molecule has 0 saturated heterocycles. The summed E-state index contributed by atoms with van der Waals surface area (Å²) in [5.74, 6) is -0.110. The van der Waals surface area contributed by atoms with Gasteiger partial charge in [0, 0.05) is 0 Å². The first-order valence-electron chi connectivity index (χ1n) is 4.85. The number of amides is 1. The molecule has 4 N–H and O–H groups in total. The Labute approximate surface area is 102 Å². The third kappa shape index (κ3) is 2.14.